The zero-order valence-electron chi connectivity index (χ0n) is 15.8. The van der Waals surface area contributed by atoms with Gasteiger partial charge in [-0.2, -0.15) is 0 Å². The van der Waals surface area contributed by atoms with Gasteiger partial charge in [0.2, 0.25) is 0 Å². The molecule has 0 bridgehead atoms. The summed E-state index contributed by atoms with van der Waals surface area (Å²) in [5.74, 6) is 0.185. The van der Waals surface area contributed by atoms with Gasteiger partial charge in [0.1, 0.15) is 11.6 Å². The Hall–Kier alpha value is -3.18. The van der Waals surface area contributed by atoms with E-state index in [9.17, 15) is 9.18 Å². The number of carbonyl (C=O) groups is 1. The smallest absolute Gasteiger partial charge is 0.260 e. The van der Waals surface area contributed by atoms with Gasteiger partial charge in [-0.1, -0.05) is 48.5 Å². The Bertz CT molecular complexity index is 927. The number of rotatable bonds is 7. The zero-order valence-corrected chi connectivity index (χ0v) is 15.8. The molecule has 0 aliphatic rings. The summed E-state index contributed by atoms with van der Waals surface area (Å²) in [7, 11) is 1.75. The topological polar surface area (TPSA) is 55.6 Å². The Labute approximate surface area is 164 Å². The highest BCUT2D eigenvalue weighted by atomic mass is 19.1. The minimum absolute atomic E-state index is 0.0633. The number of nitrogens with zero attached hydrogens (tertiary/aromatic N) is 1. The van der Waals surface area contributed by atoms with Gasteiger partial charge in [0, 0.05) is 25.7 Å². The van der Waals surface area contributed by atoms with E-state index < -0.39 is 0 Å². The molecule has 0 atom stereocenters. The molecule has 0 unspecified atom stereocenters. The molecule has 0 aliphatic carbocycles. The average molecular weight is 378 g/mol. The van der Waals surface area contributed by atoms with Gasteiger partial charge in [-0.3, -0.25) is 4.79 Å². The molecule has 3 aromatic carbocycles. The van der Waals surface area contributed by atoms with E-state index in [4.69, 9.17) is 10.5 Å². The third-order valence-electron chi connectivity index (χ3n) is 4.50. The molecule has 28 heavy (non-hydrogen) atoms. The number of hydrogen-bond acceptors (Lipinski definition) is 3. The highest BCUT2D eigenvalue weighted by Crippen LogP contribution is 2.27. The SMILES string of the molecule is CN(Cc1ccccc1)C(=O)COc1ccc(-c2ccc(F)cc2)cc1CN. The fraction of sp³-hybridized carbons (Fsp3) is 0.174. The number of nitrogens with two attached hydrogens (primary N) is 1. The number of hydrogen-bond donors (Lipinski definition) is 1. The highest BCUT2D eigenvalue weighted by molar-refractivity contribution is 5.77. The van der Waals surface area contributed by atoms with Crippen LogP contribution in [0.1, 0.15) is 11.1 Å². The third-order valence-corrected chi connectivity index (χ3v) is 4.50. The third kappa shape index (κ3) is 4.96. The van der Waals surface area contributed by atoms with Crippen molar-refractivity contribution in [3.63, 3.8) is 0 Å². The van der Waals surface area contributed by atoms with Crippen LogP contribution in [0, 0.1) is 5.82 Å². The Balaban J connectivity index is 1.65. The Morgan fingerprint density at radius 3 is 2.36 bits per heavy atom. The van der Waals surface area contributed by atoms with E-state index in [1.54, 1.807) is 30.1 Å². The Morgan fingerprint density at radius 2 is 1.68 bits per heavy atom. The second kappa shape index (κ2) is 9.15. The van der Waals surface area contributed by atoms with Crippen molar-refractivity contribution in [2.75, 3.05) is 13.7 Å². The maximum absolute atomic E-state index is 13.1. The van der Waals surface area contributed by atoms with Crippen LogP contribution in [0.2, 0.25) is 0 Å². The molecule has 0 saturated carbocycles. The van der Waals surface area contributed by atoms with Gasteiger partial charge in [0.15, 0.2) is 6.61 Å². The van der Waals surface area contributed by atoms with Crippen molar-refractivity contribution < 1.29 is 13.9 Å². The number of halogens is 1. The first-order valence-corrected chi connectivity index (χ1v) is 9.06. The summed E-state index contributed by atoms with van der Waals surface area (Å²) in [5.41, 5.74) is 9.51. The maximum atomic E-state index is 13.1. The van der Waals surface area contributed by atoms with Crippen LogP contribution in [-0.2, 0) is 17.9 Å². The minimum atomic E-state index is -0.277. The predicted octanol–water partition coefficient (Wildman–Crippen LogP) is 3.99. The second-order valence-corrected chi connectivity index (χ2v) is 6.56. The van der Waals surface area contributed by atoms with Crippen LogP contribution in [0.15, 0.2) is 72.8 Å². The van der Waals surface area contributed by atoms with Crippen molar-refractivity contribution >= 4 is 5.91 Å². The van der Waals surface area contributed by atoms with Crippen molar-refractivity contribution in [2.45, 2.75) is 13.1 Å². The molecule has 1 amide bonds. The molecule has 144 valence electrons. The molecular formula is C23H23FN2O2. The van der Waals surface area contributed by atoms with Crippen LogP contribution in [0.4, 0.5) is 4.39 Å². The first kappa shape index (κ1) is 19.6. The standard InChI is InChI=1S/C23H23FN2O2/c1-26(15-17-5-3-2-4-6-17)23(27)16-28-22-12-9-19(13-20(22)14-25)18-7-10-21(24)11-8-18/h2-13H,14-16,25H2,1H3. The van der Waals surface area contributed by atoms with E-state index >= 15 is 0 Å². The van der Waals surface area contributed by atoms with E-state index in [0.29, 0.717) is 12.3 Å². The largest absolute Gasteiger partial charge is 0.483 e. The fourth-order valence-corrected chi connectivity index (χ4v) is 2.90. The van der Waals surface area contributed by atoms with Crippen molar-refractivity contribution in [2.24, 2.45) is 5.73 Å². The molecule has 0 aromatic heterocycles. The van der Waals surface area contributed by atoms with Crippen LogP contribution in [-0.4, -0.2) is 24.5 Å². The normalized spacial score (nSPS) is 10.5. The Morgan fingerprint density at radius 1 is 1.00 bits per heavy atom. The van der Waals surface area contributed by atoms with Crippen molar-refractivity contribution in [1.82, 2.24) is 4.90 Å². The summed E-state index contributed by atoms with van der Waals surface area (Å²) in [4.78, 5) is 14.0. The zero-order chi connectivity index (χ0) is 19.9. The molecule has 5 heteroatoms. The molecule has 0 fully saturated rings. The van der Waals surface area contributed by atoms with Crippen LogP contribution >= 0.6 is 0 Å². The molecule has 0 radical (unpaired) electrons. The van der Waals surface area contributed by atoms with Gasteiger partial charge in [-0.05, 0) is 41.0 Å². The van der Waals surface area contributed by atoms with Gasteiger partial charge < -0.3 is 15.4 Å². The first-order valence-electron chi connectivity index (χ1n) is 9.06. The minimum Gasteiger partial charge on any atom is -0.483 e. The molecule has 0 spiro atoms. The van der Waals surface area contributed by atoms with Crippen molar-refractivity contribution in [1.29, 1.82) is 0 Å². The quantitative estimate of drug-likeness (QED) is 0.676. The predicted molar refractivity (Wildman–Crippen MR) is 108 cm³/mol. The molecule has 3 rings (SSSR count). The molecular weight excluding hydrogens is 355 g/mol. The number of benzene rings is 3. The summed E-state index contributed by atoms with van der Waals surface area (Å²) in [6, 6.07) is 21.6. The van der Waals surface area contributed by atoms with Gasteiger partial charge in [0.25, 0.3) is 5.91 Å². The monoisotopic (exact) mass is 378 g/mol. The summed E-state index contributed by atoms with van der Waals surface area (Å²) < 4.78 is 18.8. The van der Waals surface area contributed by atoms with Crippen molar-refractivity contribution in [3.05, 3.63) is 89.7 Å². The number of amides is 1. The number of carbonyl (C=O) groups excluding carboxylic acids is 1. The number of ether oxygens (including phenoxy) is 1. The maximum Gasteiger partial charge on any atom is 0.260 e. The lowest BCUT2D eigenvalue weighted by atomic mass is 10.0. The Kier molecular flexibility index (Phi) is 6.40. The van der Waals surface area contributed by atoms with Crippen LogP contribution in [0.5, 0.6) is 5.75 Å². The van der Waals surface area contributed by atoms with Gasteiger partial charge in [0.05, 0.1) is 0 Å². The number of likely N-dealkylation sites (N-methyl/N-ethyl adjacent to an activating group) is 1. The lowest BCUT2D eigenvalue weighted by Gasteiger charge is -2.18. The van der Waals surface area contributed by atoms with E-state index in [0.717, 1.165) is 22.3 Å². The molecule has 0 heterocycles. The molecule has 0 aliphatic heterocycles. The van der Waals surface area contributed by atoms with E-state index in [1.807, 2.05) is 42.5 Å². The van der Waals surface area contributed by atoms with Crippen molar-refractivity contribution in [3.8, 4) is 16.9 Å². The average Bonchev–Trinajstić information content (AvgIpc) is 2.73. The van der Waals surface area contributed by atoms with Gasteiger partial charge >= 0.3 is 0 Å². The summed E-state index contributed by atoms with van der Waals surface area (Å²) in [6.45, 7) is 0.737. The summed E-state index contributed by atoms with van der Waals surface area (Å²) in [5, 5.41) is 0. The van der Waals surface area contributed by atoms with Crippen LogP contribution < -0.4 is 10.5 Å². The highest BCUT2D eigenvalue weighted by Gasteiger charge is 2.12. The summed E-state index contributed by atoms with van der Waals surface area (Å²) in [6.07, 6.45) is 0. The van der Waals surface area contributed by atoms with Crippen LogP contribution in [0.25, 0.3) is 11.1 Å². The van der Waals surface area contributed by atoms with Gasteiger partial charge in [-0.15, -0.1) is 0 Å². The lowest BCUT2D eigenvalue weighted by Crippen LogP contribution is -2.31. The second-order valence-electron chi connectivity index (χ2n) is 6.56. The van der Waals surface area contributed by atoms with Crippen LogP contribution in [0.3, 0.4) is 0 Å². The van der Waals surface area contributed by atoms with Gasteiger partial charge in [-0.25, -0.2) is 4.39 Å². The lowest BCUT2D eigenvalue weighted by molar-refractivity contribution is -0.132. The molecule has 0 saturated heterocycles. The first-order chi connectivity index (χ1) is 13.6. The molecule has 4 nitrogen and oxygen atoms in total. The van der Waals surface area contributed by atoms with E-state index in [-0.39, 0.29) is 24.9 Å². The summed E-state index contributed by atoms with van der Waals surface area (Å²) >= 11 is 0. The van der Waals surface area contributed by atoms with E-state index in [1.165, 1.54) is 12.1 Å². The molecule has 2 N–H and O–H groups in total. The fourth-order valence-electron chi connectivity index (χ4n) is 2.90. The van der Waals surface area contributed by atoms with E-state index in [2.05, 4.69) is 0 Å². The molecule has 3 aromatic rings.